The van der Waals surface area contributed by atoms with Crippen molar-refractivity contribution in [2.45, 2.75) is 6.92 Å². The number of hydrazone groups is 1. The highest BCUT2D eigenvalue weighted by molar-refractivity contribution is 9.10. The highest BCUT2D eigenvalue weighted by Gasteiger charge is 2.32. The summed E-state index contributed by atoms with van der Waals surface area (Å²) in [4.78, 5) is 16.9. The zero-order valence-electron chi connectivity index (χ0n) is 12.0. The molecule has 1 aliphatic rings. The number of para-hydroxylation sites is 1. The average molecular weight is 356 g/mol. The lowest BCUT2D eigenvalue weighted by molar-refractivity contribution is -0.118. The third-order valence-corrected chi connectivity index (χ3v) is 3.91. The summed E-state index contributed by atoms with van der Waals surface area (Å²) in [5.74, 6) is -0.492. The lowest BCUT2D eigenvalue weighted by Gasteiger charge is -2.12. The second-order valence-electron chi connectivity index (χ2n) is 4.96. The zero-order chi connectivity index (χ0) is 15.5. The van der Waals surface area contributed by atoms with Crippen molar-refractivity contribution >= 4 is 45.1 Å². The lowest BCUT2D eigenvalue weighted by atomic mass is 10.1. The first-order valence-corrected chi connectivity index (χ1v) is 7.68. The zero-order valence-corrected chi connectivity index (χ0v) is 13.6. The Morgan fingerprint density at radius 3 is 2.50 bits per heavy atom. The fraction of sp³-hybridized carbons (Fsp3) is 0.118. The van der Waals surface area contributed by atoms with Crippen LogP contribution in [0.1, 0.15) is 6.92 Å². The van der Waals surface area contributed by atoms with Gasteiger partial charge in [-0.05, 0) is 43.3 Å². The molecule has 1 aliphatic heterocycles. The van der Waals surface area contributed by atoms with E-state index in [2.05, 4.69) is 26.0 Å². The summed E-state index contributed by atoms with van der Waals surface area (Å²) in [6.07, 6.45) is 1.66. The van der Waals surface area contributed by atoms with Crippen molar-refractivity contribution < 1.29 is 4.79 Å². The quantitative estimate of drug-likeness (QED) is 0.761. The van der Waals surface area contributed by atoms with Crippen LogP contribution in [-0.2, 0) is 4.79 Å². The summed E-state index contributed by atoms with van der Waals surface area (Å²) in [6, 6.07) is 17.0. The van der Waals surface area contributed by atoms with Gasteiger partial charge in [-0.2, -0.15) is 10.1 Å². The molecule has 0 aromatic heterocycles. The SMILES string of the molecule is CC1=NN(c2ccccc2)C(=O)[C@H]1C=Nc1ccc(Br)cc1. The normalized spacial score (nSPS) is 18.1. The monoisotopic (exact) mass is 355 g/mol. The van der Waals surface area contributed by atoms with Crippen molar-refractivity contribution in [2.75, 3.05) is 5.01 Å². The van der Waals surface area contributed by atoms with Crippen LogP contribution < -0.4 is 5.01 Å². The number of halogens is 1. The molecule has 2 aromatic rings. The van der Waals surface area contributed by atoms with Crippen LogP contribution in [-0.4, -0.2) is 17.8 Å². The first-order valence-electron chi connectivity index (χ1n) is 6.89. The fourth-order valence-corrected chi connectivity index (χ4v) is 2.46. The number of benzene rings is 2. The van der Waals surface area contributed by atoms with Gasteiger partial charge in [0, 0.05) is 10.7 Å². The average Bonchev–Trinajstić information content (AvgIpc) is 2.82. The van der Waals surface area contributed by atoms with Gasteiger partial charge >= 0.3 is 0 Å². The second-order valence-corrected chi connectivity index (χ2v) is 5.87. The van der Waals surface area contributed by atoms with E-state index in [1.54, 1.807) is 6.21 Å². The number of amides is 1. The van der Waals surface area contributed by atoms with Gasteiger partial charge in [-0.25, -0.2) is 0 Å². The predicted octanol–water partition coefficient (Wildman–Crippen LogP) is 4.19. The third kappa shape index (κ3) is 2.99. The lowest BCUT2D eigenvalue weighted by Crippen LogP contribution is -2.27. The van der Waals surface area contributed by atoms with Crippen molar-refractivity contribution in [3.05, 3.63) is 59.1 Å². The van der Waals surface area contributed by atoms with Gasteiger partial charge in [-0.3, -0.25) is 9.79 Å². The van der Waals surface area contributed by atoms with Crippen LogP contribution in [0.3, 0.4) is 0 Å². The van der Waals surface area contributed by atoms with E-state index in [9.17, 15) is 4.79 Å². The highest BCUT2D eigenvalue weighted by Crippen LogP contribution is 2.23. The van der Waals surface area contributed by atoms with E-state index >= 15 is 0 Å². The van der Waals surface area contributed by atoms with E-state index in [1.165, 1.54) is 5.01 Å². The summed E-state index contributed by atoms with van der Waals surface area (Å²) in [7, 11) is 0. The smallest absolute Gasteiger partial charge is 0.261 e. The first kappa shape index (κ1) is 14.7. The molecule has 0 unspecified atom stereocenters. The van der Waals surface area contributed by atoms with Gasteiger partial charge in [0.05, 0.1) is 17.1 Å². The minimum absolute atomic E-state index is 0.0791. The summed E-state index contributed by atoms with van der Waals surface area (Å²) in [6.45, 7) is 1.85. The molecule has 1 atom stereocenters. The standard InChI is InChI=1S/C17H14BrN3O/c1-12-16(11-19-14-9-7-13(18)8-10-14)17(22)21(20-12)15-5-3-2-4-6-15/h2-11,16H,1H3/t16-/m0/s1. The Morgan fingerprint density at radius 1 is 1.14 bits per heavy atom. The van der Waals surface area contributed by atoms with Crippen LogP contribution in [0.25, 0.3) is 0 Å². The fourth-order valence-electron chi connectivity index (χ4n) is 2.19. The molecule has 0 spiro atoms. The number of hydrogen-bond acceptors (Lipinski definition) is 3. The molecular weight excluding hydrogens is 342 g/mol. The Morgan fingerprint density at radius 2 is 1.82 bits per heavy atom. The Kier molecular flexibility index (Phi) is 4.15. The molecule has 4 nitrogen and oxygen atoms in total. The van der Waals surface area contributed by atoms with E-state index in [0.717, 1.165) is 21.6 Å². The molecule has 110 valence electrons. The van der Waals surface area contributed by atoms with Crippen LogP contribution in [0.4, 0.5) is 11.4 Å². The van der Waals surface area contributed by atoms with E-state index < -0.39 is 5.92 Å². The first-order chi connectivity index (χ1) is 10.6. The largest absolute Gasteiger partial charge is 0.271 e. The minimum Gasteiger partial charge on any atom is -0.271 e. The van der Waals surface area contributed by atoms with Crippen LogP contribution >= 0.6 is 15.9 Å². The van der Waals surface area contributed by atoms with E-state index in [1.807, 2.05) is 61.5 Å². The van der Waals surface area contributed by atoms with Gasteiger partial charge in [-0.1, -0.05) is 34.1 Å². The third-order valence-electron chi connectivity index (χ3n) is 3.38. The number of hydrogen-bond donors (Lipinski definition) is 0. The maximum absolute atomic E-state index is 12.5. The van der Waals surface area contributed by atoms with Crippen LogP contribution in [0.2, 0.25) is 0 Å². The second kappa shape index (κ2) is 6.23. The topological polar surface area (TPSA) is 45.0 Å². The van der Waals surface area contributed by atoms with Gasteiger partial charge in [0.25, 0.3) is 5.91 Å². The van der Waals surface area contributed by atoms with Gasteiger partial charge in [0.2, 0.25) is 0 Å². The number of rotatable bonds is 3. The van der Waals surface area contributed by atoms with Crippen LogP contribution in [0.15, 0.2) is 69.2 Å². The molecule has 3 rings (SSSR count). The maximum Gasteiger partial charge on any atom is 0.261 e. The molecular formula is C17H14BrN3O. The predicted molar refractivity (Wildman–Crippen MR) is 92.8 cm³/mol. The van der Waals surface area contributed by atoms with E-state index in [4.69, 9.17) is 0 Å². The molecule has 2 aromatic carbocycles. The number of nitrogens with zero attached hydrogens (tertiary/aromatic N) is 3. The van der Waals surface area contributed by atoms with Gasteiger partial charge < -0.3 is 0 Å². The molecule has 0 radical (unpaired) electrons. The minimum atomic E-state index is -0.413. The summed E-state index contributed by atoms with van der Waals surface area (Å²) < 4.78 is 0.997. The molecule has 0 saturated carbocycles. The van der Waals surface area contributed by atoms with Gasteiger partial charge in [-0.15, -0.1) is 0 Å². The van der Waals surface area contributed by atoms with Crippen molar-refractivity contribution in [3.8, 4) is 0 Å². The van der Waals surface area contributed by atoms with Gasteiger partial charge in [0.15, 0.2) is 0 Å². The summed E-state index contributed by atoms with van der Waals surface area (Å²) >= 11 is 3.38. The Balaban J connectivity index is 1.80. The maximum atomic E-state index is 12.5. The molecule has 0 saturated heterocycles. The van der Waals surface area contributed by atoms with E-state index in [0.29, 0.717) is 0 Å². The van der Waals surface area contributed by atoms with E-state index in [-0.39, 0.29) is 5.91 Å². The van der Waals surface area contributed by atoms with Crippen molar-refractivity contribution in [1.29, 1.82) is 0 Å². The molecule has 0 N–H and O–H groups in total. The Bertz CT molecular complexity index is 738. The highest BCUT2D eigenvalue weighted by atomic mass is 79.9. The van der Waals surface area contributed by atoms with Crippen molar-refractivity contribution in [1.82, 2.24) is 0 Å². The molecule has 1 amide bonds. The number of anilines is 1. The number of carbonyl (C=O) groups excluding carboxylic acids is 1. The molecule has 0 bridgehead atoms. The molecule has 0 fully saturated rings. The Hall–Kier alpha value is -2.27. The molecule has 0 aliphatic carbocycles. The van der Waals surface area contributed by atoms with Crippen molar-refractivity contribution in [3.63, 3.8) is 0 Å². The summed E-state index contributed by atoms with van der Waals surface area (Å²) in [5, 5.41) is 5.79. The number of aliphatic imine (C=N–C) groups is 1. The summed E-state index contributed by atoms with van der Waals surface area (Å²) in [5.41, 5.74) is 2.32. The number of carbonyl (C=O) groups is 1. The van der Waals surface area contributed by atoms with Crippen LogP contribution in [0.5, 0.6) is 0 Å². The van der Waals surface area contributed by atoms with Crippen molar-refractivity contribution in [2.24, 2.45) is 16.0 Å². The van der Waals surface area contributed by atoms with Crippen LogP contribution in [0, 0.1) is 5.92 Å². The molecule has 22 heavy (non-hydrogen) atoms. The Labute approximate surface area is 137 Å². The molecule has 5 heteroatoms. The van der Waals surface area contributed by atoms with Gasteiger partial charge in [0.1, 0.15) is 5.92 Å². The molecule has 1 heterocycles.